The first-order chi connectivity index (χ1) is 14.2. The van der Waals surface area contributed by atoms with Gasteiger partial charge in [-0.1, -0.05) is 12.1 Å². The molecule has 0 saturated carbocycles. The van der Waals surface area contributed by atoms with Gasteiger partial charge in [0, 0.05) is 24.0 Å². The number of nitrogens with zero attached hydrogens (tertiary/aromatic N) is 5. The average molecular weight is 387 g/mol. The number of pyridine rings is 2. The van der Waals surface area contributed by atoms with Crippen LogP contribution in [0.1, 0.15) is 11.5 Å². The molecular weight excluding hydrogens is 373 g/mol. The van der Waals surface area contributed by atoms with E-state index in [0.717, 1.165) is 5.56 Å². The van der Waals surface area contributed by atoms with Gasteiger partial charge < -0.3 is 14.1 Å². The quantitative estimate of drug-likeness (QED) is 0.503. The number of benzene rings is 1. The number of hydrogen-bond donors (Lipinski definition) is 1. The summed E-state index contributed by atoms with van der Waals surface area (Å²) < 4.78 is 20.6. The maximum Gasteiger partial charge on any atom is 0.270 e. The van der Waals surface area contributed by atoms with Gasteiger partial charge in [-0.05, 0) is 42.0 Å². The van der Waals surface area contributed by atoms with Gasteiger partial charge in [-0.25, -0.2) is 9.37 Å². The smallest absolute Gasteiger partial charge is 0.270 e. The lowest BCUT2D eigenvalue weighted by Gasteiger charge is -2.10. The normalized spacial score (nSPS) is 11.2. The fraction of sp³-hybridized carbons (Fsp3) is 0.0476. The Kier molecular flexibility index (Phi) is 4.02. The van der Waals surface area contributed by atoms with Crippen LogP contribution in [0.3, 0.4) is 0 Å². The molecule has 0 amide bonds. The summed E-state index contributed by atoms with van der Waals surface area (Å²) in [5.74, 6) is 0.560. The second-order valence-electron chi connectivity index (χ2n) is 6.43. The minimum atomic E-state index is -0.310. The van der Waals surface area contributed by atoms with E-state index in [9.17, 15) is 9.50 Å². The maximum absolute atomic E-state index is 13.1. The monoisotopic (exact) mass is 387 g/mol. The van der Waals surface area contributed by atoms with E-state index in [4.69, 9.17) is 4.42 Å². The predicted octanol–water partition coefficient (Wildman–Crippen LogP) is 3.91. The van der Waals surface area contributed by atoms with Gasteiger partial charge in [0.2, 0.25) is 5.89 Å². The van der Waals surface area contributed by atoms with Crippen LogP contribution >= 0.6 is 0 Å². The molecule has 0 radical (unpaired) electrons. The van der Waals surface area contributed by atoms with Crippen molar-refractivity contribution in [2.75, 3.05) is 0 Å². The third-order valence-electron chi connectivity index (χ3n) is 4.50. The van der Waals surface area contributed by atoms with Gasteiger partial charge in [-0.15, -0.1) is 10.2 Å². The van der Waals surface area contributed by atoms with E-state index in [1.54, 1.807) is 24.4 Å². The fourth-order valence-corrected chi connectivity index (χ4v) is 3.12. The minimum Gasteiger partial charge on any atom is -0.504 e. The van der Waals surface area contributed by atoms with Gasteiger partial charge in [0.15, 0.2) is 11.4 Å². The van der Waals surface area contributed by atoms with Crippen LogP contribution in [-0.2, 0) is 6.42 Å². The lowest BCUT2D eigenvalue weighted by molar-refractivity contribution is 0.470. The summed E-state index contributed by atoms with van der Waals surface area (Å²) in [5.41, 5.74) is 1.37. The molecule has 0 unspecified atom stereocenters. The van der Waals surface area contributed by atoms with E-state index in [1.807, 2.05) is 35.2 Å². The number of fused-ring (bicyclic) bond motifs is 1. The average Bonchev–Trinajstić information content (AvgIpc) is 3.43. The van der Waals surface area contributed by atoms with Crippen molar-refractivity contribution in [1.82, 2.24) is 24.7 Å². The van der Waals surface area contributed by atoms with Crippen molar-refractivity contribution in [2.45, 2.75) is 6.42 Å². The highest BCUT2D eigenvalue weighted by Crippen LogP contribution is 2.35. The molecule has 29 heavy (non-hydrogen) atoms. The van der Waals surface area contributed by atoms with Gasteiger partial charge in [0.25, 0.3) is 5.89 Å². The van der Waals surface area contributed by atoms with Crippen LogP contribution in [-0.4, -0.2) is 29.8 Å². The molecule has 8 heteroatoms. The Morgan fingerprint density at radius 2 is 1.79 bits per heavy atom. The number of aromatic nitrogens is 5. The molecule has 0 spiro atoms. The first-order valence-electron chi connectivity index (χ1n) is 8.87. The highest BCUT2D eigenvalue weighted by Gasteiger charge is 2.21. The molecule has 4 heterocycles. The van der Waals surface area contributed by atoms with Crippen molar-refractivity contribution in [3.05, 3.63) is 84.4 Å². The van der Waals surface area contributed by atoms with E-state index < -0.39 is 0 Å². The van der Waals surface area contributed by atoms with Crippen molar-refractivity contribution < 1.29 is 13.9 Å². The minimum absolute atomic E-state index is 0.0839. The van der Waals surface area contributed by atoms with Crippen LogP contribution in [0.25, 0.3) is 28.3 Å². The highest BCUT2D eigenvalue weighted by molar-refractivity contribution is 5.93. The Morgan fingerprint density at radius 1 is 1.00 bits per heavy atom. The summed E-state index contributed by atoms with van der Waals surface area (Å²) in [6, 6.07) is 13.4. The standard InChI is InChI=1S/C21H14FN5O2/c22-14-7-5-13(6-8-14)12-16-25-26-21(29-16)18-19(28)17-15(4-3-9-23-17)20(24-18)27-10-1-2-11-27/h1-11,28H,12H2. The first kappa shape index (κ1) is 17.1. The third-order valence-corrected chi connectivity index (χ3v) is 4.50. The molecule has 5 aromatic rings. The molecule has 5 rings (SSSR count). The molecule has 0 bridgehead atoms. The molecule has 7 nitrogen and oxygen atoms in total. The summed E-state index contributed by atoms with van der Waals surface area (Å²) >= 11 is 0. The van der Waals surface area contributed by atoms with E-state index in [1.165, 1.54) is 12.1 Å². The van der Waals surface area contributed by atoms with Crippen molar-refractivity contribution in [2.24, 2.45) is 0 Å². The molecule has 1 aromatic carbocycles. The van der Waals surface area contributed by atoms with Crippen LogP contribution in [0, 0.1) is 5.82 Å². The third kappa shape index (κ3) is 3.10. The zero-order valence-electron chi connectivity index (χ0n) is 15.0. The van der Waals surface area contributed by atoms with Crippen molar-refractivity contribution in [3.8, 4) is 23.2 Å². The lowest BCUT2D eigenvalue weighted by Crippen LogP contribution is -1.99. The highest BCUT2D eigenvalue weighted by atomic mass is 19.1. The van der Waals surface area contributed by atoms with E-state index in [0.29, 0.717) is 29.0 Å². The number of rotatable bonds is 4. The van der Waals surface area contributed by atoms with Crippen molar-refractivity contribution in [1.29, 1.82) is 0 Å². The molecule has 1 N–H and O–H groups in total. The van der Waals surface area contributed by atoms with E-state index in [-0.39, 0.29) is 23.2 Å². The molecule has 0 fully saturated rings. The van der Waals surface area contributed by atoms with Gasteiger partial charge in [-0.3, -0.25) is 4.98 Å². The zero-order valence-corrected chi connectivity index (χ0v) is 15.0. The Bertz CT molecular complexity index is 1300. The topological polar surface area (TPSA) is 89.9 Å². The van der Waals surface area contributed by atoms with Gasteiger partial charge in [0.05, 0.1) is 6.42 Å². The Labute approximate surface area is 164 Å². The first-order valence-corrected chi connectivity index (χ1v) is 8.87. The van der Waals surface area contributed by atoms with E-state index >= 15 is 0 Å². The molecule has 4 aromatic heterocycles. The van der Waals surface area contributed by atoms with Gasteiger partial charge >= 0.3 is 0 Å². The summed E-state index contributed by atoms with van der Waals surface area (Å²) in [5, 5.41) is 19.5. The summed E-state index contributed by atoms with van der Waals surface area (Å²) in [7, 11) is 0. The summed E-state index contributed by atoms with van der Waals surface area (Å²) in [4.78, 5) is 8.86. The van der Waals surface area contributed by atoms with Gasteiger partial charge in [-0.2, -0.15) is 0 Å². The van der Waals surface area contributed by atoms with Crippen molar-refractivity contribution in [3.63, 3.8) is 0 Å². The van der Waals surface area contributed by atoms with Gasteiger partial charge in [0.1, 0.15) is 17.2 Å². The molecule has 0 aliphatic rings. The van der Waals surface area contributed by atoms with Crippen LogP contribution in [0.15, 0.2) is 71.5 Å². The molecule has 0 aliphatic carbocycles. The number of hydrogen-bond acceptors (Lipinski definition) is 6. The number of aromatic hydroxyl groups is 1. The summed E-state index contributed by atoms with van der Waals surface area (Å²) in [6.45, 7) is 0. The molecular formula is C21H14FN5O2. The summed E-state index contributed by atoms with van der Waals surface area (Å²) in [6.07, 6.45) is 5.64. The van der Waals surface area contributed by atoms with Crippen LogP contribution in [0.4, 0.5) is 4.39 Å². The second kappa shape index (κ2) is 6.83. The van der Waals surface area contributed by atoms with Crippen molar-refractivity contribution >= 4 is 10.9 Å². The molecule has 142 valence electrons. The Balaban J connectivity index is 1.59. The molecule has 0 saturated heterocycles. The number of halogens is 1. The van der Waals surface area contributed by atoms with Crippen LogP contribution < -0.4 is 0 Å². The van der Waals surface area contributed by atoms with E-state index in [2.05, 4.69) is 20.2 Å². The molecule has 0 atom stereocenters. The van der Waals surface area contributed by atoms with Crippen LogP contribution in [0.2, 0.25) is 0 Å². The second-order valence-corrected chi connectivity index (χ2v) is 6.43. The molecule has 0 aliphatic heterocycles. The predicted molar refractivity (Wildman–Crippen MR) is 103 cm³/mol. The SMILES string of the molecule is Oc1c(-c2nnc(Cc3ccc(F)cc3)o2)nc(-n2cccc2)c2cccnc12. The zero-order chi connectivity index (χ0) is 19.8. The Morgan fingerprint density at radius 3 is 2.59 bits per heavy atom. The Hall–Kier alpha value is -4.07. The largest absolute Gasteiger partial charge is 0.504 e. The van der Waals surface area contributed by atoms with Crippen LogP contribution in [0.5, 0.6) is 5.75 Å². The maximum atomic E-state index is 13.1. The fourth-order valence-electron chi connectivity index (χ4n) is 3.12. The lowest BCUT2D eigenvalue weighted by atomic mass is 10.1.